The lowest BCUT2D eigenvalue weighted by Gasteiger charge is -2.04. The van der Waals surface area contributed by atoms with Crippen molar-refractivity contribution < 1.29 is 24.5 Å². The van der Waals surface area contributed by atoms with Crippen molar-refractivity contribution in [3.8, 4) is 11.8 Å². The fourth-order valence-electron chi connectivity index (χ4n) is 1.17. The van der Waals surface area contributed by atoms with Gasteiger partial charge < -0.3 is 19.7 Å². The van der Waals surface area contributed by atoms with E-state index in [1.54, 1.807) is 0 Å². The van der Waals surface area contributed by atoms with Gasteiger partial charge in [0.05, 0.1) is 13.2 Å². The van der Waals surface area contributed by atoms with Crippen molar-refractivity contribution in [2.45, 2.75) is 12.7 Å². The Hall–Kier alpha value is -1.87. The summed E-state index contributed by atoms with van der Waals surface area (Å²) in [5.74, 6) is 4.36. The second-order valence-corrected chi connectivity index (χ2v) is 3.64. The minimum Gasteiger partial charge on any atom is -0.451 e. The molecule has 0 aromatic heterocycles. The molecule has 102 valence electrons. The molecule has 1 aromatic carbocycles. The lowest BCUT2D eigenvalue weighted by Crippen LogP contribution is -2.26. The van der Waals surface area contributed by atoms with E-state index in [-0.39, 0.29) is 13.2 Å². The zero-order valence-electron chi connectivity index (χ0n) is 10.4. The van der Waals surface area contributed by atoms with Crippen molar-refractivity contribution in [2.24, 2.45) is 0 Å². The van der Waals surface area contributed by atoms with Crippen LogP contribution in [0.1, 0.15) is 5.56 Å². The maximum atomic E-state index is 10.9. The molecule has 0 amide bonds. The summed E-state index contributed by atoms with van der Waals surface area (Å²) in [6.45, 7) is -0.0927. The Bertz CT molecular complexity index is 432. The number of benzene rings is 1. The van der Waals surface area contributed by atoms with Crippen molar-refractivity contribution in [1.82, 2.24) is 0 Å². The van der Waals surface area contributed by atoms with Gasteiger partial charge in [0.15, 0.2) is 12.7 Å². The molecule has 0 aliphatic rings. The molecule has 0 aliphatic carbocycles. The highest BCUT2D eigenvalue weighted by atomic mass is 16.5. The number of hydrogen-bond acceptors (Lipinski definition) is 5. The van der Waals surface area contributed by atoms with Crippen LogP contribution in [0.25, 0.3) is 0 Å². The molecule has 1 aromatic rings. The summed E-state index contributed by atoms with van der Waals surface area (Å²) < 4.78 is 9.87. The van der Waals surface area contributed by atoms with Gasteiger partial charge in [-0.1, -0.05) is 42.2 Å². The molecule has 0 bridgehead atoms. The van der Waals surface area contributed by atoms with Crippen LogP contribution < -0.4 is 0 Å². The summed E-state index contributed by atoms with van der Waals surface area (Å²) in [5, 5.41) is 17.4. The van der Waals surface area contributed by atoms with E-state index in [1.807, 2.05) is 30.3 Å². The minimum absolute atomic E-state index is 0.134. The summed E-state index contributed by atoms with van der Waals surface area (Å²) >= 11 is 0. The molecule has 19 heavy (non-hydrogen) atoms. The Balaban J connectivity index is 2.10. The van der Waals surface area contributed by atoms with Crippen LogP contribution in [0.15, 0.2) is 30.3 Å². The highest BCUT2D eigenvalue weighted by Crippen LogP contribution is 1.99. The van der Waals surface area contributed by atoms with E-state index >= 15 is 0 Å². The smallest absolute Gasteiger partial charge is 0.338 e. The van der Waals surface area contributed by atoms with Crippen LogP contribution in [-0.2, 0) is 20.9 Å². The molecule has 0 saturated heterocycles. The van der Waals surface area contributed by atoms with Gasteiger partial charge in [0.1, 0.15) is 6.61 Å². The Morgan fingerprint density at radius 1 is 1.21 bits per heavy atom. The van der Waals surface area contributed by atoms with Crippen molar-refractivity contribution in [2.75, 3.05) is 19.8 Å². The molecule has 0 spiro atoms. The predicted molar refractivity (Wildman–Crippen MR) is 67.9 cm³/mol. The van der Waals surface area contributed by atoms with Gasteiger partial charge in [0.25, 0.3) is 0 Å². The standard InChI is InChI=1S/C14H16O5/c15-10-13(16)14(17)19-9-5-4-8-18-11-12-6-2-1-3-7-12/h1-3,6-7,13,15-16H,8-11H2. The van der Waals surface area contributed by atoms with E-state index in [2.05, 4.69) is 16.6 Å². The number of rotatable bonds is 6. The van der Waals surface area contributed by atoms with Crippen molar-refractivity contribution in [1.29, 1.82) is 0 Å². The predicted octanol–water partition coefficient (Wildman–Crippen LogP) is 0.103. The lowest BCUT2D eigenvalue weighted by molar-refractivity contribution is -0.153. The molecule has 2 N–H and O–H groups in total. The molecule has 5 heteroatoms. The summed E-state index contributed by atoms with van der Waals surface area (Å²) in [5.41, 5.74) is 1.06. The molecule has 5 nitrogen and oxygen atoms in total. The van der Waals surface area contributed by atoms with Crippen LogP contribution in [-0.4, -0.2) is 42.1 Å². The lowest BCUT2D eigenvalue weighted by atomic mass is 10.2. The first kappa shape index (κ1) is 15.2. The van der Waals surface area contributed by atoms with Crippen LogP contribution in [0.4, 0.5) is 0 Å². The minimum atomic E-state index is -1.50. The van der Waals surface area contributed by atoms with Crippen LogP contribution in [0.5, 0.6) is 0 Å². The van der Waals surface area contributed by atoms with Crippen molar-refractivity contribution >= 4 is 5.97 Å². The van der Waals surface area contributed by atoms with Gasteiger partial charge in [-0.3, -0.25) is 0 Å². The average molecular weight is 264 g/mol. The van der Waals surface area contributed by atoms with E-state index in [4.69, 9.17) is 14.9 Å². The Labute approximate surface area is 111 Å². The summed E-state index contributed by atoms with van der Waals surface area (Å²) in [7, 11) is 0. The third-order valence-corrected chi connectivity index (χ3v) is 2.14. The molecular formula is C14H16O5. The molecule has 0 fully saturated rings. The zero-order chi connectivity index (χ0) is 13.9. The Morgan fingerprint density at radius 2 is 1.89 bits per heavy atom. The first-order chi connectivity index (χ1) is 9.24. The summed E-state index contributed by atoms with van der Waals surface area (Å²) in [4.78, 5) is 10.9. The summed E-state index contributed by atoms with van der Waals surface area (Å²) in [6, 6.07) is 9.68. The SMILES string of the molecule is O=C(OCC#CCOCc1ccccc1)C(O)CO. The molecule has 0 heterocycles. The summed E-state index contributed by atoms with van der Waals surface area (Å²) in [6.07, 6.45) is -1.50. The van der Waals surface area contributed by atoms with Crippen LogP contribution >= 0.6 is 0 Å². The van der Waals surface area contributed by atoms with E-state index in [0.717, 1.165) is 5.56 Å². The third-order valence-electron chi connectivity index (χ3n) is 2.14. The van der Waals surface area contributed by atoms with E-state index in [9.17, 15) is 4.79 Å². The number of esters is 1. The van der Waals surface area contributed by atoms with Gasteiger partial charge in [-0.25, -0.2) is 4.79 Å². The maximum absolute atomic E-state index is 10.9. The Kier molecular flexibility index (Phi) is 7.28. The number of aliphatic hydroxyl groups excluding tert-OH is 2. The van der Waals surface area contributed by atoms with Gasteiger partial charge in [-0.05, 0) is 5.56 Å². The molecular weight excluding hydrogens is 248 g/mol. The van der Waals surface area contributed by atoms with Crippen LogP contribution in [0.2, 0.25) is 0 Å². The molecule has 1 rings (SSSR count). The topological polar surface area (TPSA) is 76.0 Å². The fraction of sp³-hybridized carbons (Fsp3) is 0.357. The zero-order valence-corrected chi connectivity index (χ0v) is 10.4. The molecule has 0 aliphatic heterocycles. The fourth-order valence-corrected chi connectivity index (χ4v) is 1.17. The Morgan fingerprint density at radius 3 is 2.58 bits per heavy atom. The quantitative estimate of drug-likeness (QED) is 0.433. The van der Waals surface area contributed by atoms with Crippen molar-refractivity contribution in [3.63, 3.8) is 0 Å². The highest BCUT2D eigenvalue weighted by molar-refractivity contribution is 5.74. The number of carbonyl (C=O) groups excluding carboxylic acids is 1. The second kappa shape index (κ2) is 9.11. The number of ether oxygens (including phenoxy) is 2. The van der Waals surface area contributed by atoms with Gasteiger partial charge in [0.2, 0.25) is 0 Å². The van der Waals surface area contributed by atoms with Crippen LogP contribution in [0.3, 0.4) is 0 Å². The first-order valence-electron chi connectivity index (χ1n) is 5.77. The molecule has 0 saturated carbocycles. The molecule has 1 unspecified atom stereocenters. The van der Waals surface area contributed by atoms with Gasteiger partial charge in [0, 0.05) is 0 Å². The van der Waals surface area contributed by atoms with Crippen LogP contribution in [0, 0.1) is 11.8 Å². The monoisotopic (exact) mass is 264 g/mol. The highest BCUT2D eigenvalue weighted by Gasteiger charge is 2.13. The van der Waals surface area contributed by atoms with E-state index in [0.29, 0.717) is 6.61 Å². The second-order valence-electron chi connectivity index (χ2n) is 3.64. The average Bonchev–Trinajstić information content (AvgIpc) is 2.46. The normalized spacial score (nSPS) is 11.3. The van der Waals surface area contributed by atoms with Gasteiger partial charge >= 0.3 is 5.97 Å². The van der Waals surface area contributed by atoms with Crippen molar-refractivity contribution in [3.05, 3.63) is 35.9 Å². The number of aliphatic hydroxyl groups is 2. The number of carbonyl (C=O) groups is 1. The van der Waals surface area contributed by atoms with E-state index < -0.39 is 18.7 Å². The van der Waals surface area contributed by atoms with E-state index in [1.165, 1.54) is 0 Å². The van der Waals surface area contributed by atoms with Gasteiger partial charge in [-0.2, -0.15) is 0 Å². The largest absolute Gasteiger partial charge is 0.451 e. The first-order valence-corrected chi connectivity index (χ1v) is 5.77. The molecule has 1 atom stereocenters. The number of hydrogen-bond donors (Lipinski definition) is 2. The molecule has 0 radical (unpaired) electrons. The van der Waals surface area contributed by atoms with Gasteiger partial charge in [-0.15, -0.1) is 0 Å². The maximum Gasteiger partial charge on any atom is 0.338 e. The third kappa shape index (κ3) is 6.58.